The van der Waals surface area contributed by atoms with Crippen molar-refractivity contribution in [1.29, 1.82) is 0 Å². The second kappa shape index (κ2) is 9.10. The molecule has 0 bridgehead atoms. The number of hydrogen-bond donors (Lipinski definition) is 0. The summed E-state index contributed by atoms with van der Waals surface area (Å²) in [5, 5.41) is 1.85. The summed E-state index contributed by atoms with van der Waals surface area (Å²) in [7, 11) is 0.0111. The van der Waals surface area contributed by atoms with E-state index >= 15 is 0 Å². The van der Waals surface area contributed by atoms with Crippen LogP contribution in [0, 0.1) is 18.8 Å². The summed E-state index contributed by atoms with van der Waals surface area (Å²) in [5.74, 6) is 3.05. The summed E-state index contributed by atoms with van der Waals surface area (Å²) < 4.78 is 12.8. The topological polar surface area (TPSA) is 22.4 Å². The van der Waals surface area contributed by atoms with Crippen LogP contribution >= 0.6 is 15.2 Å². The van der Waals surface area contributed by atoms with Crippen molar-refractivity contribution in [2.24, 2.45) is 11.8 Å². The highest BCUT2D eigenvalue weighted by Gasteiger charge is 2.62. The van der Waals surface area contributed by atoms with Crippen LogP contribution in [-0.4, -0.2) is 23.1 Å². The zero-order chi connectivity index (χ0) is 24.7. The molecule has 0 radical (unpaired) electrons. The Hall–Kier alpha value is -1.36. The van der Waals surface area contributed by atoms with Crippen LogP contribution in [0.1, 0.15) is 99.5 Å². The second-order valence-electron chi connectivity index (χ2n) is 12.6. The monoisotopic (exact) mass is 530 g/mol. The van der Waals surface area contributed by atoms with Crippen molar-refractivity contribution in [2.45, 2.75) is 107 Å². The highest BCUT2D eigenvalue weighted by atomic mass is 32.1. The molecule has 0 amide bonds. The van der Waals surface area contributed by atoms with Crippen molar-refractivity contribution in [2.75, 3.05) is 0 Å². The molecule has 7 atom stereocenters. The largest absolute Gasteiger partial charge is 0.497 e. The Bertz CT molecular complexity index is 1260. The summed E-state index contributed by atoms with van der Waals surface area (Å²) in [6, 6.07) is 11.5. The van der Waals surface area contributed by atoms with E-state index in [9.17, 15) is 0 Å². The highest BCUT2D eigenvalue weighted by Crippen LogP contribution is 2.92. The maximum atomic E-state index is 6.55. The van der Waals surface area contributed by atoms with Crippen LogP contribution in [0.2, 0.25) is 0 Å². The van der Waals surface area contributed by atoms with E-state index in [1.807, 2.05) is 11.6 Å². The van der Waals surface area contributed by atoms with Gasteiger partial charge < -0.3 is 9.15 Å². The number of hydrogen-bond acceptors (Lipinski definition) is 2. The van der Waals surface area contributed by atoms with Crippen molar-refractivity contribution in [1.82, 2.24) is 0 Å². The van der Waals surface area contributed by atoms with Gasteiger partial charge in [0, 0.05) is 22.7 Å². The molecule has 0 spiro atoms. The van der Waals surface area contributed by atoms with Crippen molar-refractivity contribution in [3.05, 3.63) is 70.6 Å². The normalized spacial score (nSPS) is 37.2. The molecule has 1 saturated heterocycles. The zero-order valence-corrected chi connectivity index (χ0v) is 24.2. The molecule has 2 nitrogen and oxygen atoms in total. The number of fused-ring (bicyclic) bond motifs is 1. The van der Waals surface area contributed by atoms with Gasteiger partial charge >= 0.3 is 0 Å². The lowest BCUT2D eigenvalue weighted by Crippen LogP contribution is -2.40. The Kier molecular flexibility index (Phi) is 5.78. The lowest BCUT2D eigenvalue weighted by molar-refractivity contribution is 0.0812. The van der Waals surface area contributed by atoms with Gasteiger partial charge in [0.15, 0.2) is 0 Å². The Balaban J connectivity index is 1.28. The quantitative estimate of drug-likeness (QED) is 0.367. The molecule has 6 aliphatic rings. The predicted octanol–water partition coefficient (Wildman–Crippen LogP) is 10.0. The third-order valence-corrected chi connectivity index (χ3v) is 21.0. The number of ether oxygens (including phenoxy) is 1. The summed E-state index contributed by atoms with van der Waals surface area (Å²) in [4.78, 5) is 0. The molecule has 2 aromatic rings. The summed E-state index contributed by atoms with van der Waals surface area (Å²) in [6.07, 6.45) is 19.1. The van der Waals surface area contributed by atoms with E-state index in [4.69, 9.17) is 9.15 Å². The minimum Gasteiger partial charge on any atom is -0.497 e. The number of allylic oxidation sites excluding steroid dienone is 2. The Morgan fingerprint density at radius 3 is 2.35 bits per heavy atom. The molecular formula is C33H40O2P2. The summed E-state index contributed by atoms with van der Waals surface area (Å²) in [6.45, 7) is 4.60. The van der Waals surface area contributed by atoms with E-state index < -0.39 is 0 Å². The maximum Gasteiger partial charge on any atom is 0.133 e. The fourth-order valence-corrected chi connectivity index (χ4v) is 22.3. The SMILES string of the molecule is CC1=C(c2occc2C)C(C2CCC3OC=C4C3C2P(C2CCCC2)P4C2CCCC2)c2ccccc21. The van der Waals surface area contributed by atoms with Crippen LogP contribution in [0.25, 0.3) is 11.1 Å². The number of rotatable bonds is 4. The first-order chi connectivity index (χ1) is 18.2. The second-order valence-corrected chi connectivity index (χ2v) is 19.3. The number of furan rings is 1. The van der Waals surface area contributed by atoms with E-state index in [2.05, 4.69) is 50.4 Å². The zero-order valence-electron chi connectivity index (χ0n) is 22.4. The van der Waals surface area contributed by atoms with Crippen LogP contribution in [0.5, 0.6) is 0 Å². The van der Waals surface area contributed by atoms with E-state index in [0.717, 1.165) is 22.7 Å². The lowest BCUT2D eigenvalue weighted by atomic mass is 9.69. The van der Waals surface area contributed by atoms with E-state index in [1.165, 1.54) is 86.5 Å². The van der Waals surface area contributed by atoms with Crippen LogP contribution in [-0.2, 0) is 4.74 Å². The Labute approximate surface area is 224 Å². The van der Waals surface area contributed by atoms with Gasteiger partial charge in [-0.2, -0.15) is 0 Å². The molecule has 37 heavy (non-hydrogen) atoms. The van der Waals surface area contributed by atoms with Gasteiger partial charge in [-0.1, -0.05) is 57.6 Å². The Morgan fingerprint density at radius 2 is 1.59 bits per heavy atom. The first kappa shape index (κ1) is 23.5. The van der Waals surface area contributed by atoms with Crippen molar-refractivity contribution < 1.29 is 9.15 Å². The van der Waals surface area contributed by atoms with Crippen LogP contribution in [0.3, 0.4) is 0 Å². The fourth-order valence-electron chi connectivity index (χ4n) is 9.34. The standard InChI is InChI=1S/C33H40O2P2/c1-20-17-18-34-32(20)29-21(2)24-13-7-8-14-25(24)30(29)26-15-16-27-31-28(19-35-27)36(22-9-3-4-10-22)37(33(26)31)23-11-5-6-12-23/h7-8,13-14,17-19,22-23,26-27,30-31,33H,3-6,9-12,15-16H2,1-2H3. The number of benzene rings is 1. The minimum atomic E-state index is -0.0163. The fraction of sp³-hybridized carbons (Fsp3) is 0.576. The molecule has 3 heterocycles. The first-order valence-electron chi connectivity index (χ1n) is 15.0. The smallest absolute Gasteiger partial charge is 0.133 e. The minimum absolute atomic E-state index is 0.0163. The molecule has 4 heteroatoms. The van der Waals surface area contributed by atoms with Gasteiger partial charge in [0.2, 0.25) is 0 Å². The van der Waals surface area contributed by atoms with Gasteiger partial charge in [-0.25, -0.2) is 0 Å². The molecule has 0 N–H and O–H groups in total. The van der Waals surface area contributed by atoms with Gasteiger partial charge in [-0.3, -0.25) is 0 Å². The molecule has 4 aliphatic carbocycles. The Morgan fingerprint density at radius 1 is 0.838 bits per heavy atom. The average Bonchev–Trinajstić information content (AvgIpc) is 3.74. The molecular weight excluding hydrogens is 490 g/mol. The van der Waals surface area contributed by atoms with Crippen molar-refractivity contribution in [3.8, 4) is 0 Å². The van der Waals surface area contributed by atoms with Gasteiger partial charge in [-0.15, -0.1) is 0 Å². The lowest BCUT2D eigenvalue weighted by Gasteiger charge is -2.45. The molecule has 8 rings (SSSR count). The molecule has 194 valence electrons. The summed E-state index contributed by atoms with van der Waals surface area (Å²) in [5.41, 5.74) is 10.2. The van der Waals surface area contributed by atoms with E-state index in [1.54, 1.807) is 5.56 Å². The first-order valence-corrected chi connectivity index (χ1v) is 18.6. The van der Waals surface area contributed by atoms with Gasteiger partial charge in [-0.05, 0) is 111 Å². The molecule has 2 aliphatic heterocycles. The highest BCUT2D eigenvalue weighted by molar-refractivity contribution is 8.33. The van der Waals surface area contributed by atoms with Crippen molar-refractivity contribution in [3.63, 3.8) is 0 Å². The number of aryl methyl sites for hydroxylation is 1. The predicted molar refractivity (Wildman–Crippen MR) is 156 cm³/mol. The molecule has 4 fully saturated rings. The molecule has 1 aromatic carbocycles. The van der Waals surface area contributed by atoms with Crippen molar-refractivity contribution >= 4 is 26.4 Å². The van der Waals surface area contributed by atoms with E-state index in [-0.39, 0.29) is 15.2 Å². The molecule has 3 saturated carbocycles. The van der Waals surface area contributed by atoms with Gasteiger partial charge in [0.1, 0.15) is 11.9 Å². The molecule has 1 aromatic heterocycles. The van der Waals surface area contributed by atoms with E-state index in [0.29, 0.717) is 23.9 Å². The third-order valence-electron chi connectivity index (χ3n) is 10.8. The maximum absolute atomic E-state index is 6.55. The van der Waals surface area contributed by atoms with Gasteiger partial charge in [0.05, 0.1) is 12.5 Å². The average molecular weight is 531 g/mol. The van der Waals surface area contributed by atoms with Crippen LogP contribution in [0.4, 0.5) is 0 Å². The van der Waals surface area contributed by atoms with Gasteiger partial charge in [0.25, 0.3) is 0 Å². The van der Waals surface area contributed by atoms with Crippen LogP contribution in [0.15, 0.2) is 52.6 Å². The molecule has 7 unspecified atom stereocenters. The summed E-state index contributed by atoms with van der Waals surface area (Å²) >= 11 is 0. The van der Waals surface area contributed by atoms with Crippen LogP contribution < -0.4 is 0 Å². The third kappa shape index (κ3) is 3.44.